The highest BCUT2D eigenvalue weighted by atomic mass is 16.5. The Labute approximate surface area is 93.4 Å². The van der Waals surface area contributed by atoms with Gasteiger partial charge < -0.3 is 9.47 Å². The maximum atomic E-state index is 11.5. The first-order valence-corrected chi connectivity index (χ1v) is 4.92. The van der Waals surface area contributed by atoms with Crippen molar-refractivity contribution in [3.8, 4) is 0 Å². The number of ketones is 1. The molecule has 16 heavy (non-hydrogen) atoms. The van der Waals surface area contributed by atoms with Crippen molar-refractivity contribution in [3.05, 3.63) is 11.6 Å². The van der Waals surface area contributed by atoms with Crippen molar-refractivity contribution in [1.29, 1.82) is 0 Å². The molecule has 5 nitrogen and oxygen atoms in total. The first-order valence-electron chi connectivity index (χ1n) is 4.92. The molecule has 0 radical (unpaired) electrons. The van der Waals surface area contributed by atoms with E-state index in [0.717, 1.165) is 0 Å². The minimum Gasteiger partial charge on any atom is -0.469 e. The van der Waals surface area contributed by atoms with E-state index in [4.69, 9.17) is 4.74 Å². The highest BCUT2D eigenvalue weighted by Crippen LogP contribution is 2.25. The molecule has 88 valence electrons. The zero-order valence-corrected chi connectivity index (χ0v) is 9.48. The lowest BCUT2D eigenvalue weighted by Gasteiger charge is -2.25. The van der Waals surface area contributed by atoms with Crippen molar-refractivity contribution in [2.45, 2.75) is 26.4 Å². The van der Waals surface area contributed by atoms with E-state index in [2.05, 4.69) is 4.74 Å². The number of esters is 2. The number of hydrogen-bond donors (Lipinski definition) is 0. The van der Waals surface area contributed by atoms with Gasteiger partial charge in [-0.3, -0.25) is 14.4 Å². The number of ether oxygens (including phenoxy) is 2. The van der Waals surface area contributed by atoms with Gasteiger partial charge in [0.25, 0.3) is 0 Å². The number of carbonyl (C=O) groups excluding carboxylic acids is 3. The molecule has 0 unspecified atom stereocenters. The summed E-state index contributed by atoms with van der Waals surface area (Å²) >= 11 is 0. The predicted molar refractivity (Wildman–Crippen MR) is 54.4 cm³/mol. The van der Waals surface area contributed by atoms with Crippen LogP contribution in [0.1, 0.15) is 20.3 Å². The lowest BCUT2D eigenvalue weighted by atomic mass is 9.86. The largest absolute Gasteiger partial charge is 0.469 e. The number of rotatable bonds is 2. The summed E-state index contributed by atoms with van der Waals surface area (Å²) in [7, 11) is 1.28. The zero-order chi connectivity index (χ0) is 12.3. The summed E-state index contributed by atoms with van der Waals surface area (Å²) in [6.45, 7) is 2.91. The van der Waals surface area contributed by atoms with Crippen LogP contribution in [-0.4, -0.2) is 30.9 Å². The number of methoxy groups -OCH3 is 1. The van der Waals surface area contributed by atoms with Crippen molar-refractivity contribution in [3.63, 3.8) is 0 Å². The van der Waals surface area contributed by atoms with E-state index in [0.29, 0.717) is 5.57 Å². The van der Waals surface area contributed by atoms with Crippen LogP contribution in [0.2, 0.25) is 0 Å². The summed E-state index contributed by atoms with van der Waals surface area (Å²) in [4.78, 5) is 33.7. The Kier molecular flexibility index (Phi) is 3.82. The molecule has 0 saturated heterocycles. The number of carbonyl (C=O) groups is 3. The van der Waals surface area contributed by atoms with Gasteiger partial charge in [-0.1, -0.05) is 5.57 Å². The first kappa shape index (κ1) is 12.4. The molecular formula is C11H14O5. The molecule has 0 aromatic rings. The third kappa shape index (κ3) is 2.68. The predicted octanol–water partition coefficient (Wildman–Crippen LogP) is 0.626. The van der Waals surface area contributed by atoms with Crippen LogP contribution in [-0.2, 0) is 23.9 Å². The number of hydrogen-bond acceptors (Lipinski definition) is 5. The van der Waals surface area contributed by atoms with Gasteiger partial charge in [-0.25, -0.2) is 0 Å². The third-order valence-electron chi connectivity index (χ3n) is 2.48. The molecule has 1 aliphatic rings. The summed E-state index contributed by atoms with van der Waals surface area (Å²) in [5.74, 6) is -1.74. The fourth-order valence-electron chi connectivity index (χ4n) is 1.66. The van der Waals surface area contributed by atoms with Crippen LogP contribution < -0.4 is 0 Å². The maximum Gasteiger partial charge on any atom is 0.312 e. The Hall–Kier alpha value is -1.65. The van der Waals surface area contributed by atoms with Crippen LogP contribution in [0.3, 0.4) is 0 Å². The Bertz CT molecular complexity index is 355. The topological polar surface area (TPSA) is 69.7 Å². The van der Waals surface area contributed by atoms with Crippen molar-refractivity contribution in [2.75, 3.05) is 7.11 Å². The second-order valence-electron chi connectivity index (χ2n) is 3.70. The van der Waals surface area contributed by atoms with E-state index in [-0.39, 0.29) is 12.2 Å². The Morgan fingerprint density at radius 1 is 1.44 bits per heavy atom. The molecular weight excluding hydrogens is 212 g/mol. The van der Waals surface area contributed by atoms with Gasteiger partial charge in [0.2, 0.25) is 0 Å². The molecule has 2 atom stereocenters. The van der Waals surface area contributed by atoms with Crippen LogP contribution in [0.5, 0.6) is 0 Å². The monoisotopic (exact) mass is 226 g/mol. The molecule has 0 amide bonds. The molecule has 0 saturated carbocycles. The molecule has 0 bridgehead atoms. The molecule has 5 heteroatoms. The first-order chi connectivity index (χ1) is 7.45. The van der Waals surface area contributed by atoms with Gasteiger partial charge in [-0.15, -0.1) is 0 Å². The Morgan fingerprint density at radius 3 is 2.56 bits per heavy atom. The van der Waals surface area contributed by atoms with Crippen LogP contribution in [0.25, 0.3) is 0 Å². The smallest absolute Gasteiger partial charge is 0.312 e. The van der Waals surface area contributed by atoms with Crippen LogP contribution >= 0.6 is 0 Å². The quantitative estimate of drug-likeness (QED) is 0.646. The molecule has 0 aliphatic heterocycles. The van der Waals surface area contributed by atoms with Crippen molar-refractivity contribution >= 4 is 17.7 Å². The average molecular weight is 226 g/mol. The molecule has 0 aromatic carbocycles. The average Bonchev–Trinajstić information content (AvgIpc) is 2.20. The van der Waals surface area contributed by atoms with E-state index in [9.17, 15) is 14.4 Å². The van der Waals surface area contributed by atoms with Gasteiger partial charge in [0.1, 0.15) is 0 Å². The standard InChI is InChI=1S/C11H14O5/c1-6-4-9(13)10(16-7(2)12)5-8(6)11(14)15-3/h4,8,10H,5H2,1-3H3/t8-,10+/m1/s1. The normalized spacial score (nSPS) is 24.7. The van der Waals surface area contributed by atoms with Crippen LogP contribution in [0, 0.1) is 5.92 Å². The van der Waals surface area contributed by atoms with E-state index in [1.807, 2.05) is 0 Å². The van der Waals surface area contributed by atoms with Crippen LogP contribution in [0.4, 0.5) is 0 Å². The van der Waals surface area contributed by atoms with Crippen molar-refractivity contribution < 1.29 is 23.9 Å². The van der Waals surface area contributed by atoms with Crippen molar-refractivity contribution in [1.82, 2.24) is 0 Å². The second kappa shape index (κ2) is 4.92. The highest BCUT2D eigenvalue weighted by Gasteiger charge is 2.34. The fraction of sp³-hybridized carbons (Fsp3) is 0.545. The van der Waals surface area contributed by atoms with E-state index >= 15 is 0 Å². The van der Waals surface area contributed by atoms with E-state index in [1.54, 1.807) is 6.92 Å². The lowest BCUT2D eigenvalue weighted by Crippen LogP contribution is -2.35. The van der Waals surface area contributed by atoms with E-state index in [1.165, 1.54) is 20.1 Å². The van der Waals surface area contributed by atoms with E-state index < -0.39 is 24.0 Å². The summed E-state index contributed by atoms with van der Waals surface area (Å²) in [5.41, 5.74) is 0.639. The summed E-state index contributed by atoms with van der Waals surface area (Å²) < 4.78 is 9.45. The van der Waals surface area contributed by atoms with Gasteiger partial charge in [-0.2, -0.15) is 0 Å². The van der Waals surface area contributed by atoms with Crippen molar-refractivity contribution in [2.24, 2.45) is 5.92 Å². The lowest BCUT2D eigenvalue weighted by molar-refractivity contribution is -0.156. The minimum atomic E-state index is -0.870. The minimum absolute atomic E-state index is 0.160. The molecule has 0 fully saturated rings. The SMILES string of the molecule is COC(=O)[C@@H]1C[C@H](OC(C)=O)C(=O)C=C1C. The molecule has 0 heterocycles. The zero-order valence-electron chi connectivity index (χ0n) is 9.48. The Morgan fingerprint density at radius 2 is 2.06 bits per heavy atom. The fourth-order valence-corrected chi connectivity index (χ4v) is 1.66. The molecule has 1 aliphatic carbocycles. The second-order valence-corrected chi connectivity index (χ2v) is 3.70. The maximum absolute atomic E-state index is 11.5. The van der Waals surface area contributed by atoms with Crippen LogP contribution in [0.15, 0.2) is 11.6 Å². The summed E-state index contributed by atoms with van der Waals surface area (Å²) in [5, 5.41) is 0. The molecule has 0 spiro atoms. The Balaban J connectivity index is 2.84. The molecule has 0 aromatic heterocycles. The summed E-state index contributed by atoms with van der Waals surface area (Å²) in [6, 6.07) is 0. The molecule has 0 N–H and O–H groups in total. The summed E-state index contributed by atoms with van der Waals surface area (Å²) in [6.07, 6.45) is 0.622. The molecule has 1 rings (SSSR count). The van der Waals surface area contributed by atoms with Gasteiger partial charge >= 0.3 is 11.9 Å². The van der Waals surface area contributed by atoms with Gasteiger partial charge in [0.15, 0.2) is 11.9 Å². The third-order valence-corrected chi connectivity index (χ3v) is 2.48. The van der Waals surface area contributed by atoms with Gasteiger partial charge in [-0.05, 0) is 13.0 Å². The van der Waals surface area contributed by atoms with Gasteiger partial charge in [0, 0.05) is 13.3 Å². The van der Waals surface area contributed by atoms with Gasteiger partial charge in [0.05, 0.1) is 13.0 Å². The highest BCUT2D eigenvalue weighted by molar-refractivity contribution is 5.98.